The Morgan fingerprint density at radius 2 is 1.70 bits per heavy atom. The molecule has 0 aliphatic rings. The van der Waals surface area contributed by atoms with Gasteiger partial charge < -0.3 is 10.1 Å². The molecule has 3 aromatic heterocycles. The number of alkyl halides is 3. The van der Waals surface area contributed by atoms with E-state index in [4.69, 9.17) is 4.74 Å². The first kappa shape index (κ1) is 22.7. The maximum absolute atomic E-state index is 13.7. The van der Waals surface area contributed by atoms with Gasteiger partial charge in [0.1, 0.15) is 11.4 Å². The number of para-hydroxylation sites is 1. The van der Waals surface area contributed by atoms with E-state index in [1.807, 2.05) is 24.3 Å². The molecule has 5 nitrogen and oxygen atoms in total. The van der Waals surface area contributed by atoms with Gasteiger partial charge in [-0.2, -0.15) is 13.2 Å². The van der Waals surface area contributed by atoms with Crippen molar-refractivity contribution in [3.63, 3.8) is 0 Å². The first-order valence-corrected chi connectivity index (χ1v) is 10.9. The predicted molar refractivity (Wildman–Crippen MR) is 123 cm³/mol. The number of nitrogens with one attached hydrogen (secondary N) is 1. The van der Waals surface area contributed by atoms with Crippen LogP contribution in [0.2, 0.25) is 0 Å². The van der Waals surface area contributed by atoms with Crippen molar-refractivity contribution in [2.45, 2.75) is 32.4 Å². The van der Waals surface area contributed by atoms with Crippen LogP contribution < -0.4 is 10.1 Å². The van der Waals surface area contributed by atoms with Gasteiger partial charge in [0.05, 0.1) is 4.88 Å². The lowest BCUT2D eigenvalue weighted by Gasteiger charge is -2.22. The zero-order chi connectivity index (χ0) is 23.6. The number of anilines is 2. The minimum atomic E-state index is -4.61. The lowest BCUT2D eigenvalue weighted by atomic mass is 9.86. The number of rotatable bonds is 5. The maximum Gasteiger partial charge on any atom is 0.434 e. The zero-order valence-corrected chi connectivity index (χ0v) is 19.0. The fourth-order valence-electron chi connectivity index (χ4n) is 3.22. The summed E-state index contributed by atoms with van der Waals surface area (Å²) >= 11 is 0.891. The first-order valence-electron chi connectivity index (χ1n) is 10.1. The molecule has 3 heterocycles. The van der Waals surface area contributed by atoms with Gasteiger partial charge in [0.2, 0.25) is 5.88 Å². The smallest absolute Gasteiger partial charge is 0.434 e. The highest BCUT2D eigenvalue weighted by Crippen LogP contribution is 2.43. The quantitative estimate of drug-likeness (QED) is 0.328. The van der Waals surface area contributed by atoms with Crippen LogP contribution >= 0.6 is 11.3 Å². The summed E-state index contributed by atoms with van der Waals surface area (Å²) in [6, 6.07) is 14.1. The Hall–Kier alpha value is -3.46. The van der Waals surface area contributed by atoms with E-state index in [1.54, 1.807) is 30.5 Å². The van der Waals surface area contributed by atoms with Gasteiger partial charge in [-0.05, 0) is 29.7 Å². The number of aromatic nitrogens is 3. The summed E-state index contributed by atoms with van der Waals surface area (Å²) < 4.78 is 47.1. The topological polar surface area (TPSA) is 59.9 Å². The van der Waals surface area contributed by atoms with Crippen molar-refractivity contribution in [1.29, 1.82) is 0 Å². The van der Waals surface area contributed by atoms with E-state index in [9.17, 15) is 13.2 Å². The normalized spacial score (nSPS) is 11.9. The van der Waals surface area contributed by atoms with Crippen LogP contribution in [0.15, 0.2) is 67.1 Å². The maximum atomic E-state index is 13.7. The van der Waals surface area contributed by atoms with Crippen molar-refractivity contribution in [3.05, 3.63) is 78.4 Å². The number of hydrogen-bond donors (Lipinski definition) is 1. The van der Waals surface area contributed by atoms with Crippen LogP contribution in [-0.2, 0) is 11.6 Å². The molecule has 4 rings (SSSR count). The molecule has 0 aliphatic heterocycles. The molecule has 1 aromatic carbocycles. The van der Waals surface area contributed by atoms with Crippen LogP contribution in [0.5, 0.6) is 11.6 Å². The van der Waals surface area contributed by atoms with Gasteiger partial charge in [-0.15, -0.1) is 0 Å². The molecule has 1 N–H and O–H groups in total. The van der Waals surface area contributed by atoms with Crippen LogP contribution in [0, 0.1) is 0 Å². The molecule has 0 fully saturated rings. The summed E-state index contributed by atoms with van der Waals surface area (Å²) in [4.78, 5) is 12.0. The Morgan fingerprint density at radius 3 is 2.39 bits per heavy atom. The fraction of sp³-hybridized carbons (Fsp3) is 0.208. The van der Waals surface area contributed by atoms with Gasteiger partial charge in [0.25, 0.3) is 0 Å². The van der Waals surface area contributed by atoms with E-state index < -0.39 is 11.9 Å². The minimum absolute atomic E-state index is 0.0115. The Balaban J connectivity index is 1.69. The monoisotopic (exact) mass is 470 g/mol. The standard InChI is InChI=1S/C24H21F3N4OS/c1-23(2,3)16-9-4-5-11-18(16)32-21-17(10-7-13-29-21)30-22-31-20(24(25,26)27)19(33-22)15-8-6-12-28-14-15/h4-14H,1-3H3,(H,30,31). The molecule has 0 aliphatic carbocycles. The summed E-state index contributed by atoms with van der Waals surface area (Å²) in [7, 11) is 0. The molecule has 0 spiro atoms. The highest BCUT2D eigenvalue weighted by molar-refractivity contribution is 7.19. The van der Waals surface area contributed by atoms with Crippen molar-refractivity contribution >= 4 is 22.2 Å². The van der Waals surface area contributed by atoms with Crippen molar-refractivity contribution < 1.29 is 17.9 Å². The molecule has 0 saturated carbocycles. The number of ether oxygens (including phenoxy) is 1. The second kappa shape index (κ2) is 8.82. The third-order valence-corrected chi connectivity index (χ3v) is 5.75. The molecule has 0 amide bonds. The predicted octanol–water partition coefficient (Wildman–Crippen LogP) is 7.45. The van der Waals surface area contributed by atoms with Gasteiger partial charge in [-0.25, -0.2) is 9.97 Å². The average Bonchev–Trinajstić information content (AvgIpc) is 3.20. The van der Waals surface area contributed by atoms with Gasteiger partial charge in [0.15, 0.2) is 10.8 Å². The SMILES string of the molecule is CC(C)(C)c1ccccc1Oc1ncccc1Nc1nc(C(F)(F)F)c(-c2cccnc2)s1. The Bertz CT molecular complexity index is 1250. The molecular formula is C24H21F3N4OS. The summed E-state index contributed by atoms with van der Waals surface area (Å²) in [5, 5.41) is 3.03. The molecule has 0 saturated heterocycles. The van der Waals surface area contributed by atoms with Crippen molar-refractivity contribution in [1.82, 2.24) is 15.0 Å². The fourth-order valence-corrected chi connectivity index (χ4v) is 4.21. The van der Waals surface area contributed by atoms with Crippen LogP contribution in [0.25, 0.3) is 10.4 Å². The first-order chi connectivity index (χ1) is 15.6. The molecule has 0 unspecified atom stereocenters. The number of pyridine rings is 2. The van der Waals surface area contributed by atoms with Gasteiger partial charge in [-0.3, -0.25) is 4.98 Å². The highest BCUT2D eigenvalue weighted by Gasteiger charge is 2.38. The molecule has 33 heavy (non-hydrogen) atoms. The molecule has 0 bridgehead atoms. The molecule has 0 radical (unpaired) electrons. The second-order valence-electron chi connectivity index (χ2n) is 8.27. The largest absolute Gasteiger partial charge is 0.437 e. The highest BCUT2D eigenvalue weighted by atomic mass is 32.1. The average molecular weight is 471 g/mol. The van der Waals surface area contributed by atoms with Crippen molar-refractivity contribution in [2.24, 2.45) is 0 Å². The molecular weight excluding hydrogens is 449 g/mol. The van der Waals surface area contributed by atoms with E-state index in [1.165, 1.54) is 12.4 Å². The summed E-state index contributed by atoms with van der Waals surface area (Å²) in [5.41, 5.74) is 0.592. The number of thiazole rings is 1. The van der Waals surface area contributed by atoms with Crippen molar-refractivity contribution in [2.75, 3.05) is 5.32 Å². The van der Waals surface area contributed by atoms with E-state index in [-0.39, 0.29) is 21.3 Å². The lowest BCUT2D eigenvalue weighted by Crippen LogP contribution is -2.12. The van der Waals surface area contributed by atoms with Gasteiger partial charge >= 0.3 is 6.18 Å². The third kappa shape index (κ3) is 5.14. The van der Waals surface area contributed by atoms with E-state index in [2.05, 4.69) is 41.0 Å². The third-order valence-electron chi connectivity index (χ3n) is 4.73. The molecule has 4 aromatic rings. The minimum Gasteiger partial charge on any atom is -0.437 e. The molecule has 0 atom stereocenters. The Labute approximate surface area is 193 Å². The number of hydrogen-bond acceptors (Lipinski definition) is 6. The Kier molecular flexibility index (Phi) is 6.07. The van der Waals surface area contributed by atoms with Crippen LogP contribution in [0.3, 0.4) is 0 Å². The number of nitrogens with zero attached hydrogens (tertiary/aromatic N) is 3. The van der Waals surface area contributed by atoms with Crippen LogP contribution in [0.1, 0.15) is 32.0 Å². The van der Waals surface area contributed by atoms with E-state index >= 15 is 0 Å². The molecule has 9 heteroatoms. The molecule has 170 valence electrons. The van der Waals surface area contributed by atoms with Crippen LogP contribution in [-0.4, -0.2) is 15.0 Å². The summed E-state index contributed by atoms with van der Waals surface area (Å²) in [6.07, 6.45) is -0.161. The number of halogens is 3. The van der Waals surface area contributed by atoms with Crippen molar-refractivity contribution in [3.8, 4) is 22.1 Å². The Morgan fingerprint density at radius 1 is 0.939 bits per heavy atom. The van der Waals surface area contributed by atoms with E-state index in [0.717, 1.165) is 16.9 Å². The summed E-state index contributed by atoms with van der Waals surface area (Å²) in [5.74, 6) is 0.860. The lowest BCUT2D eigenvalue weighted by molar-refractivity contribution is -0.140. The summed E-state index contributed by atoms with van der Waals surface area (Å²) in [6.45, 7) is 6.21. The number of benzene rings is 1. The van der Waals surface area contributed by atoms with Crippen LogP contribution in [0.4, 0.5) is 24.0 Å². The zero-order valence-electron chi connectivity index (χ0n) is 18.1. The second-order valence-corrected chi connectivity index (χ2v) is 9.26. The van der Waals surface area contributed by atoms with Gasteiger partial charge in [0, 0.05) is 29.7 Å². The van der Waals surface area contributed by atoms with Gasteiger partial charge in [-0.1, -0.05) is 56.4 Å². The van der Waals surface area contributed by atoms with E-state index in [0.29, 0.717) is 17.0 Å².